The molecule has 3 N–H and O–H groups in total. The topological polar surface area (TPSA) is 63.8 Å². The lowest BCUT2D eigenvalue weighted by molar-refractivity contribution is 0.986. The minimum absolute atomic E-state index is 0.374. The van der Waals surface area contributed by atoms with Crippen molar-refractivity contribution in [1.82, 2.24) is 9.97 Å². The van der Waals surface area contributed by atoms with Crippen molar-refractivity contribution in [2.75, 3.05) is 11.9 Å². The fraction of sp³-hybridized carbons (Fsp3) is 0.267. The number of hydrogen-bond donors (Lipinski definition) is 2. The molecule has 0 bridgehead atoms. The molecule has 2 aromatic heterocycles. The molecule has 2 heterocycles. The van der Waals surface area contributed by atoms with Gasteiger partial charge in [0.05, 0.1) is 5.56 Å². The molecule has 0 amide bonds. The van der Waals surface area contributed by atoms with Gasteiger partial charge in [0, 0.05) is 24.6 Å². The van der Waals surface area contributed by atoms with Gasteiger partial charge in [-0.25, -0.2) is 4.98 Å². The second-order valence-electron chi connectivity index (χ2n) is 4.71. The second kappa shape index (κ2) is 6.43. The Bertz CT molecular complexity index is 611. The van der Waals surface area contributed by atoms with Crippen LogP contribution in [0.3, 0.4) is 0 Å². The molecule has 0 fully saturated rings. The van der Waals surface area contributed by atoms with Crippen LogP contribution >= 0.6 is 12.2 Å². The number of thiocarbonyl (C=S) groups is 1. The highest BCUT2D eigenvalue weighted by Gasteiger charge is 2.10. The van der Waals surface area contributed by atoms with Crippen LogP contribution in [0.5, 0.6) is 0 Å². The van der Waals surface area contributed by atoms with E-state index in [2.05, 4.69) is 21.4 Å². The quantitative estimate of drug-likeness (QED) is 0.826. The van der Waals surface area contributed by atoms with E-state index in [1.54, 1.807) is 6.20 Å². The van der Waals surface area contributed by atoms with Gasteiger partial charge in [0.15, 0.2) is 0 Å². The maximum atomic E-state index is 5.79. The molecule has 0 aliphatic carbocycles. The summed E-state index contributed by atoms with van der Waals surface area (Å²) in [7, 11) is 0. The van der Waals surface area contributed by atoms with E-state index in [1.807, 2.05) is 32.2 Å². The number of rotatable bonds is 5. The van der Waals surface area contributed by atoms with Crippen LogP contribution in [0.25, 0.3) is 0 Å². The van der Waals surface area contributed by atoms with E-state index in [4.69, 9.17) is 18.0 Å². The third-order valence-electron chi connectivity index (χ3n) is 3.02. The van der Waals surface area contributed by atoms with Gasteiger partial charge in [-0.05, 0) is 43.5 Å². The first-order valence-corrected chi connectivity index (χ1v) is 6.89. The van der Waals surface area contributed by atoms with Crippen LogP contribution < -0.4 is 11.1 Å². The van der Waals surface area contributed by atoms with Crippen LogP contribution in [0.2, 0.25) is 0 Å². The Hall–Kier alpha value is -2.01. The minimum atomic E-state index is 0.374. The molecule has 2 rings (SSSR count). The van der Waals surface area contributed by atoms with Crippen molar-refractivity contribution < 1.29 is 0 Å². The Morgan fingerprint density at radius 3 is 2.85 bits per heavy atom. The molecule has 0 saturated carbocycles. The molecule has 0 spiro atoms. The normalized spacial score (nSPS) is 10.3. The van der Waals surface area contributed by atoms with Gasteiger partial charge in [-0.15, -0.1) is 0 Å². The number of aryl methyl sites for hydroxylation is 2. The lowest BCUT2D eigenvalue weighted by Gasteiger charge is -2.13. The molecule has 4 nitrogen and oxygen atoms in total. The highest BCUT2D eigenvalue weighted by Crippen LogP contribution is 2.18. The molecule has 0 unspecified atom stereocenters. The van der Waals surface area contributed by atoms with Crippen LogP contribution in [0.4, 0.5) is 5.82 Å². The third kappa shape index (κ3) is 3.51. The summed E-state index contributed by atoms with van der Waals surface area (Å²) in [6.07, 6.45) is 4.51. The summed E-state index contributed by atoms with van der Waals surface area (Å²) in [5, 5.41) is 3.32. The van der Waals surface area contributed by atoms with Crippen LogP contribution in [0.15, 0.2) is 30.6 Å². The largest absolute Gasteiger partial charge is 0.389 e. The Morgan fingerprint density at radius 1 is 1.40 bits per heavy atom. The number of anilines is 1. The first-order valence-electron chi connectivity index (χ1n) is 6.48. The highest BCUT2D eigenvalue weighted by molar-refractivity contribution is 7.80. The maximum absolute atomic E-state index is 5.79. The van der Waals surface area contributed by atoms with Crippen LogP contribution in [-0.4, -0.2) is 21.5 Å². The molecule has 0 aliphatic rings. The van der Waals surface area contributed by atoms with Gasteiger partial charge in [0.1, 0.15) is 10.8 Å². The predicted octanol–water partition coefficient (Wildman–Crippen LogP) is 2.38. The Kier molecular flexibility index (Phi) is 4.63. The summed E-state index contributed by atoms with van der Waals surface area (Å²) < 4.78 is 0. The molecule has 2 aromatic rings. The predicted molar refractivity (Wildman–Crippen MR) is 86.0 cm³/mol. The van der Waals surface area contributed by atoms with Crippen molar-refractivity contribution in [3.05, 3.63) is 53.0 Å². The molecule has 0 aromatic carbocycles. The molecular formula is C15H18N4S. The molecule has 5 heteroatoms. The number of nitrogens with two attached hydrogens (primary N) is 1. The van der Waals surface area contributed by atoms with Gasteiger partial charge in [-0.3, -0.25) is 4.98 Å². The number of pyridine rings is 2. The molecule has 104 valence electrons. The highest BCUT2D eigenvalue weighted by atomic mass is 32.1. The molecule has 0 radical (unpaired) electrons. The molecule has 20 heavy (non-hydrogen) atoms. The van der Waals surface area contributed by atoms with Crippen molar-refractivity contribution >= 4 is 23.0 Å². The van der Waals surface area contributed by atoms with Gasteiger partial charge in [0.2, 0.25) is 0 Å². The molecular weight excluding hydrogens is 268 g/mol. The van der Waals surface area contributed by atoms with Gasteiger partial charge in [0.25, 0.3) is 0 Å². The van der Waals surface area contributed by atoms with Gasteiger partial charge < -0.3 is 11.1 Å². The minimum Gasteiger partial charge on any atom is -0.389 e. The average molecular weight is 286 g/mol. The summed E-state index contributed by atoms with van der Waals surface area (Å²) in [4.78, 5) is 8.97. The first-order chi connectivity index (χ1) is 9.58. The summed E-state index contributed by atoms with van der Waals surface area (Å²) in [6, 6.07) is 5.98. The van der Waals surface area contributed by atoms with Gasteiger partial charge in [-0.2, -0.15) is 0 Å². The Morgan fingerprint density at radius 2 is 2.20 bits per heavy atom. The number of nitrogens with one attached hydrogen (secondary N) is 1. The zero-order valence-electron chi connectivity index (χ0n) is 11.7. The van der Waals surface area contributed by atoms with Crippen molar-refractivity contribution in [3.8, 4) is 0 Å². The van der Waals surface area contributed by atoms with Crippen molar-refractivity contribution in [2.24, 2.45) is 5.73 Å². The van der Waals surface area contributed by atoms with Crippen LogP contribution in [-0.2, 0) is 6.42 Å². The van der Waals surface area contributed by atoms with Crippen LogP contribution in [0.1, 0.15) is 22.4 Å². The molecule has 0 aliphatic heterocycles. The van der Waals surface area contributed by atoms with Crippen molar-refractivity contribution in [3.63, 3.8) is 0 Å². The maximum Gasteiger partial charge on any atom is 0.136 e. The zero-order chi connectivity index (χ0) is 14.5. The van der Waals surface area contributed by atoms with Crippen molar-refractivity contribution in [2.45, 2.75) is 20.3 Å². The Balaban J connectivity index is 2.11. The standard InChI is InChI=1S/C15H18N4S/c1-10-8-11(2)19-15(13(10)14(16)20)18-7-5-12-4-3-6-17-9-12/h3-4,6,8-9H,5,7H2,1-2H3,(H2,16,20)(H,18,19). The summed E-state index contributed by atoms with van der Waals surface area (Å²) in [5.74, 6) is 0.763. The number of nitrogens with zero attached hydrogens (tertiary/aromatic N) is 2. The van der Waals surface area contributed by atoms with E-state index in [0.29, 0.717) is 4.99 Å². The lowest BCUT2D eigenvalue weighted by Crippen LogP contribution is -2.18. The first kappa shape index (κ1) is 14.4. The average Bonchev–Trinajstić information content (AvgIpc) is 2.38. The van der Waals surface area contributed by atoms with E-state index in [-0.39, 0.29) is 0 Å². The van der Waals surface area contributed by atoms with E-state index in [0.717, 1.165) is 35.6 Å². The fourth-order valence-corrected chi connectivity index (χ4v) is 2.40. The zero-order valence-corrected chi connectivity index (χ0v) is 12.5. The van der Waals surface area contributed by atoms with Gasteiger partial charge in [-0.1, -0.05) is 18.3 Å². The smallest absolute Gasteiger partial charge is 0.136 e. The van der Waals surface area contributed by atoms with E-state index < -0.39 is 0 Å². The number of hydrogen-bond acceptors (Lipinski definition) is 4. The molecule has 0 saturated heterocycles. The monoisotopic (exact) mass is 286 g/mol. The summed E-state index contributed by atoms with van der Waals surface area (Å²) in [6.45, 7) is 4.72. The van der Waals surface area contributed by atoms with Gasteiger partial charge >= 0.3 is 0 Å². The second-order valence-corrected chi connectivity index (χ2v) is 5.15. The Labute approximate surface area is 124 Å². The van der Waals surface area contributed by atoms with E-state index in [9.17, 15) is 0 Å². The SMILES string of the molecule is Cc1cc(C)c(C(N)=S)c(NCCc2cccnc2)n1. The summed E-state index contributed by atoms with van der Waals surface area (Å²) >= 11 is 5.11. The van der Waals surface area contributed by atoms with Crippen molar-refractivity contribution in [1.29, 1.82) is 0 Å². The third-order valence-corrected chi connectivity index (χ3v) is 3.22. The lowest BCUT2D eigenvalue weighted by atomic mass is 10.1. The van der Waals surface area contributed by atoms with E-state index >= 15 is 0 Å². The summed E-state index contributed by atoms with van der Waals surface area (Å²) in [5.41, 5.74) is 9.80. The van der Waals surface area contributed by atoms with Crippen LogP contribution in [0, 0.1) is 13.8 Å². The molecule has 0 atom stereocenters. The number of aromatic nitrogens is 2. The fourth-order valence-electron chi connectivity index (χ4n) is 2.15. The van der Waals surface area contributed by atoms with E-state index in [1.165, 1.54) is 5.56 Å².